The van der Waals surface area contributed by atoms with Crippen LogP contribution in [0.15, 0.2) is 61.2 Å². The van der Waals surface area contributed by atoms with Crippen molar-refractivity contribution in [2.24, 2.45) is 0 Å². The number of anilines is 1. The lowest BCUT2D eigenvalue weighted by Gasteiger charge is -2.43. The predicted octanol–water partition coefficient (Wildman–Crippen LogP) is 3.35. The molecular formula is C23H21N3O2. The number of aromatic nitrogens is 1. The van der Waals surface area contributed by atoms with Crippen LogP contribution in [0.5, 0.6) is 0 Å². The molecule has 1 spiro atoms. The van der Waals surface area contributed by atoms with E-state index in [1.807, 2.05) is 42.5 Å². The minimum atomic E-state index is -1.15. The predicted molar refractivity (Wildman–Crippen MR) is 109 cm³/mol. The highest BCUT2D eigenvalue weighted by atomic mass is 16.2. The summed E-state index contributed by atoms with van der Waals surface area (Å²) in [5, 5.41) is 1.12. The van der Waals surface area contributed by atoms with Crippen LogP contribution in [0.2, 0.25) is 0 Å². The molecule has 1 unspecified atom stereocenters. The second-order valence-corrected chi connectivity index (χ2v) is 7.38. The molecule has 2 amide bonds. The standard InChI is InChI=1S/C23H21N3O2/c1-3-13-25-20-11-7-5-9-18(20)23(22(25)28)21-17(12-14-26(23)15(2)27)16-8-4-6-10-19(16)24-21/h3-11,24H,1,12-14H2,2H3. The van der Waals surface area contributed by atoms with Crippen LogP contribution in [0.3, 0.4) is 0 Å². The molecule has 5 heteroatoms. The Labute approximate surface area is 163 Å². The Morgan fingerprint density at radius 1 is 1.21 bits per heavy atom. The molecule has 1 aromatic heterocycles. The first-order chi connectivity index (χ1) is 13.6. The highest BCUT2D eigenvalue weighted by molar-refractivity contribution is 6.12. The lowest BCUT2D eigenvalue weighted by molar-refractivity contribution is -0.143. The van der Waals surface area contributed by atoms with Crippen molar-refractivity contribution >= 4 is 28.4 Å². The first-order valence-electron chi connectivity index (χ1n) is 9.51. The molecule has 0 saturated heterocycles. The number of aromatic amines is 1. The molecule has 2 aliphatic heterocycles. The van der Waals surface area contributed by atoms with E-state index in [0.717, 1.165) is 39.8 Å². The smallest absolute Gasteiger partial charge is 0.264 e. The number of carbonyl (C=O) groups is 2. The van der Waals surface area contributed by atoms with Crippen molar-refractivity contribution in [3.8, 4) is 0 Å². The van der Waals surface area contributed by atoms with Gasteiger partial charge in [-0.2, -0.15) is 0 Å². The Bertz CT molecular complexity index is 1150. The fourth-order valence-corrected chi connectivity index (χ4v) is 4.94. The van der Waals surface area contributed by atoms with Crippen LogP contribution >= 0.6 is 0 Å². The van der Waals surface area contributed by atoms with Crippen molar-refractivity contribution in [1.29, 1.82) is 0 Å². The number of carbonyl (C=O) groups excluding carboxylic acids is 2. The normalized spacial score (nSPS) is 20.5. The van der Waals surface area contributed by atoms with Crippen molar-refractivity contribution < 1.29 is 9.59 Å². The number of H-pyrrole nitrogens is 1. The third kappa shape index (κ3) is 1.91. The molecule has 1 N–H and O–H groups in total. The number of fused-ring (bicyclic) bond motifs is 6. The highest BCUT2D eigenvalue weighted by Crippen LogP contribution is 2.51. The van der Waals surface area contributed by atoms with Crippen molar-refractivity contribution in [3.05, 3.63) is 78.0 Å². The van der Waals surface area contributed by atoms with Gasteiger partial charge in [-0.05, 0) is 24.1 Å². The molecule has 2 aromatic carbocycles. The van der Waals surface area contributed by atoms with Crippen LogP contribution in [-0.4, -0.2) is 34.8 Å². The van der Waals surface area contributed by atoms with Crippen molar-refractivity contribution in [1.82, 2.24) is 9.88 Å². The van der Waals surface area contributed by atoms with Gasteiger partial charge in [0.05, 0.1) is 11.4 Å². The zero-order valence-corrected chi connectivity index (χ0v) is 15.7. The third-order valence-electron chi connectivity index (χ3n) is 6.00. The summed E-state index contributed by atoms with van der Waals surface area (Å²) < 4.78 is 0. The van der Waals surface area contributed by atoms with Gasteiger partial charge in [0.15, 0.2) is 5.54 Å². The van der Waals surface area contributed by atoms with Crippen molar-refractivity contribution in [2.75, 3.05) is 18.0 Å². The SMILES string of the molecule is C=CCN1C(=O)C2(c3ccccc31)c1[nH]c3ccccc3c1CCN2C(C)=O. The molecule has 3 aromatic rings. The van der Waals surface area contributed by atoms with Gasteiger partial charge in [-0.1, -0.05) is 42.5 Å². The molecule has 3 heterocycles. The maximum atomic E-state index is 13.9. The van der Waals surface area contributed by atoms with Gasteiger partial charge in [0.25, 0.3) is 5.91 Å². The zero-order chi connectivity index (χ0) is 19.5. The molecule has 0 bridgehead atoms. The molecule has 2 aliphatic rings. The minimum absolute atomic E-state index is 0.101. The van der Waals surface area contributed by atoms with Gasteiger partial charge in [0.2, 0.25) is 5.91 Å². The number of nitrogens with zero attached hydrogens (tertiary/aromatic N) is 2. The molecule has 140 valence electrons. The quantitative estimate of drug-likeness (QED) is 0.703. The Hall–Kier alpha value is -3.34. The topological polar surface area (TPSA) is 56.4 Å². The molecule has 28 heavy (non-hydrogen) atoms. The van der Waals surface area contributed by atoms with Gasteiger partial charge in [0, 0.05) is 36.5 Å². The van der Waals surface area contributed by atoms with Gasteiger partial charge in [0.1, 0.15) is 0 Å². The Kier molecular flexibility index (Phi) is 3.50. The number of amides is 2. The second-order valence-electron chi connectivity index (χ2n) is 7.38. The van der Waals surface area contributed by atoms with E-state index in [-0.39, 0.29) is 11.8 Å². The summed E-state index contributed by atoms with van der Waals surface area (Å²) in [4.78, 5) is 33.6. The largest absolute Gasteiger partial charge is 0.355 e. The van der Waals surface area contributed by atoms with Gasteiger partial charge in [-0.3, -0.25) is 9.59 Å². The zero-order valence-electron chi connectivity index (χ0n) is 15.7. The molecule has 5 rings (SSSR count). The van der Waals surface area contributed by atoms with Gasteiger partial charge in [-0.25, -0.2) is 0 Å². The average Bonchev–Trinajstić information content (AvgIpc) is 3.19. The summed E-state index contributed by atoms with van der Waals surface area (Å²) in [6.07, 6.45) is 2.44. The number of hydrogen-bond donors (Lipinski definition) is 1. The van der Waals surface area contributed by atoms with E-state index in [1.54, 1.807) is 22.8 Å². The Balaban J connectivity index is 1.89. The maximum absolute atomic E-state index is 13.9. The van der Waals surface area contributed by atoms with E-state index in [2.05, 4.69) is 17.6 Å². The lowest BCUT2D eigenvalue weighted by atomic mass is 9.80. The average molecular weight is 371 g/mol. The maximum Gasteiger partial charge on any atom is 0.264 e. The summed E-state index contributed by atoms with van der Waals surface area (Å²) in [6.45, 7) is 6.27. The number of benzene rings is 2. The summed E-state index contributed by atoms with van der Waals surface area (Å²) >= 11 is 0. The van der Waals surface area contributed by atoms with Crippen molar-refractivity contribution in [2.45, 2.75) is 18.9 Å². The fourth-order valence-electron chi connectivity index (χ4n) is 4.94. The second kappa shape index (κ2) is 5.83. The van der Waals surface area contributed by atoms with E-state index in [4.69, 9.17) is 0 Å². The molecule has 5 nitrogen and oxygen atoms in total. The molecule has 1 atom stereocenters. The Morgan fingerprint density at radius 2 is 1.96 bits per heavy atom. The van der Waals surface area contributed by atoms with Gasteiger partial charge >= 0.3 is 0 Å². The number of para-hydroxylation sites is 2. The van der Waals surface area contributed by atoms with Crippen LogP contribution in [0.25, 0.3) is 10.9 Å². The summed E-state index contributed by atoms with van der Waals surface area (Å²) in [7, 11) is 0. The number of nitrogens with one attached hydrogen (secondary N) is 1. The van der Waals surface area contributed by atoms with E-state index in [9.17, 15) is 9.59 Å². The van der Waals surface area contributed by atoms with Crippen LogP contribution < -0.4 is 4.90 Å². The summed E-state index contributed by atoms with van der Waals surface area (Å²) in [5.41, 5.74) is 3.47. The van der Waals surface area contributed by atoms with Gasteiger partial charge < -0.3 is 14.8 Å². The van der Waals surface area contributed by atoms with Crippen LogP contribution in [0, 0.1) is 0 Å². The molecule has 0 saturated carbocycles. The molecule has 0 aliphatic carbocycles. The molecule has 0 fully saturated rings. The van der Waals surface area contributed by atoms with Gasteiger partial charge in [-0.15, -0.1) is 6.58 Å². The molecular weight excluding hydrogens is 350 g/mol. The number of rotatable bonds is 2. The first-order valence-corrected chi connectivity index (χ1v) is 9.51. The monoisotopic (exact) mass is 371 g/mol. The van der Waals surface area contributed by atoms with Crippen LogP contribution in [0.4, 0.5) is 5.69 Å². The van der Waals surface area contributed by atoms with Crippen molar-refractivity contribution in [3.63, 3.8) is 0 Å². The summed E-state index contributed by atoms with van der Waals surface area (Å²) in [6, 6.07) is 15.9. The fraction of sp³-hybridized carbons (Fsp3) is 0.217. The Morgan fingerprint density at radius 3 is 2.75 bits per heavy atom. The first kappa shape index (κ1) is 16.8. The van der Waals surface area contributed by atoms with E-state index in [1.165, 1.54) is 0 Å². The lowest BCUT2D eigenvalue weighted by Crippen LogP contribution is -2.58. The third-order valence-corrected chi connectivity index (χ3v) is 6.00. The highest BCUT2D eigenvalue weighted by Gasteiger charge is 2.59. The number of hydrogen-bond acceptors (Lipinski definition) is 2. The van der Waals surface area contributed by atoms with Crippen LogP contribution in [0.1, 0.15) is 23.7 Å². The van der Waals surface area contributed by atoms with Crippen LogP contribution in [-0.2, 0) is 21.5 Å². The van der Waals surface area contributed by atoms with E-state index in [0.29, 0.717) is 13.1 Å². The van der Waals surface area contributed by atoms with E-state index < -0.39 is 5.54 Å². The molecule has 0 radical (unpaired) electrons. The summed E-state index contributed by atoms with van der Waals surface area (Å²) in [5.74, 6) is -0.204. The minimum Gasteiger partial charge on any atom is -0.355 e. The van der Waals surface area contributed by atoms with E-state index >= 15 is 0 Å².